The predicted molar refractivity (Wildman–Crippen MR) is 149 cm³/mol. The maximum Gasteiger partial charge on any atom is 0.352 e. The quantitative estimate of drug-likeness (QED) is 0.145. The van der Waals surface area contributed by atoms with Crippen molar-refractivity contribution in [2.45, 2.75) is 43.2 Å². The number of carboxylic acids is 1. The Balaban J connectivity index is 1.20. The van der Waals surface area contributed by atoms with Crippen LogP contribution >= 0.6 is 23.3 Å². The van der Waals surface area contributed by atoms with Gasteiger partial charge in [-0.1, -0.05) is 16.3 Å². The number of thioether (sulfide) groups is 1. The first-order valence-electron chi connectivity index (χ1n) is 12.9. The van der Waals surface area contributed by atoms with Gasteiger partial charge in [-0.15, -0.1) is 16.3 Å². The molecular weight excluding hydrogens is 570 g/mol. The van der Waals surface area contributed by atoms with E-state index in [0.717, 1.165) is 42.9 Å². The van der Waals surface area contributed by atoms with Crippen molar-refractivity contribution in [1.29, 1.82) is 0 Å². The van der Waals surface area contributed by atoms with Crippen LogP contribution in [0, 0.1) is 0 Å². The van der Waals surface area contributed by atoms with E-state index in [1.807, 2.05) is 36.1 Å². The number of carbonyl (C=O) groups excluding carboxylic acids is 2. The van der Waals surface area contributed by atoms with E-state index in [2.05, 4.69) is 24.9 Å². The number of oxime groups is 1. The van der Waals surface area contributed by atoms with Crippen LogP contribution in [0.3, 0.4) is 0 Å². The van der Waals surface area contributed by atoms with E-state index in [0.29, 0.717) is 17.0 Å². The molecule has 2 amide bonds. The van der Waals surface area contributed by atoms with Crippen LogP contribution in [0.5, 0.6) is 0 Å². The Kier molecular flexibility index (Phi) is 7.17. The van der Waals surface area contributed by atoms with Crippen LogP contribution in [0.25, 0.3) is 11.7 Å². The first-order valence-corrected chi connectivity index (χ1v) is 14.7. The third kappa shape index (κ3) is 5.15. The number of fused-ring (bicyclic) bond motifs is 2. The number of nitrogens with zero attached hydrogens (tertiary/aromatic N) is 7. The van der Waals surface area contributed by atoms with E-state index >= 15 is 0 Å². The third-order valence-corrected chi connectivity index (χ3v) is 8.90. The molecule has 0 radical (unpaired) electrons. The van der Waals surface area contributed by atoms with Gasteiger partial charge in [-0.25, -0.2) is 9.36 Å². The lowest BCUT2D eigenvalue weighted by atomic mass is 10.0. The van der Waals surface area contributed by atoms with Crippen molar-refractivity contribution >= 4 is 63.6 Å². The number of rotatable bonds is 8. The molecule has 2 aliphatic heterocycles. The van der Waals surface area contributed by atoms with Crippen LogP contribution in [-0.2, 0) is 26.3 Å². The molecule has 6 rings (SSSR count). The minimum Gasteiger partial charge on any atom is -0.477 e. The van der Waals surface area contributed by atoms with Gasteiger partial charge in [-0.3, -0.25) is 14.5 Å². The Labute approximate surface area is 241 Å². The molecule has 3 aliphatic rings. The molecule has 212 valence electrons. The fourth-order valence-corrected chi connectivity index (χ4v) is 6.72. The van der Waals surface area contributed by atoms with Gasteiger partial charge >= 0.3 is 11.6 Å². The van der Waals surface area contributed by atoms with E-state index in [9.17, 15) is 19.5 Å². The number of hydrogen-bond acceptors (Lipinski definition) is 11. The van der Waals surface area contributed by atoms with E-state index in [1.165, 1.54) is 16.7 Å². The molecule has 3 aromatic heterocycles. The molecule has 0 unspecified atom stereocenters. The largest absolute Gasteiger partial charge is 0.477 e. The first-order chi connectivity index (χ1) is 19.8. The van der Waals surface area contributed by atoms with E-state index in [-0.39, 0.29) is 28.5 Å². The van der Waals surface area contributed by atoms with Gasteiger partial charge in [0.05, 0.1) is 7.05 Å². The number of aromatic nitrogens is 5. The average molecular weight is 597 g/mol. The second-order valence-electron chi connectivity index (χ2n) is 9.75. The third-order valence-electron chi connectivity index (χ3n) is 7.06. The lowest BCUT2D eigenvalue weighted by Gasteiger charge is -2.49. The summed E-state index contributed by atoms with van der Waals surface area (Å²) >= 11 is 2.26. The molecule has 4 N–H and O–H groups in total. The number of allylic oxidation sites excluding steroid dienone is 1. The number of carboxylic acid groups (broad SMARTS) is 1. The summed E-state index contributed by atoms with van der Waals surface area (Å²) in [5.41, 5.74) is 7.39. The summed E-state index contributed by atoms with van der Waals surface area (Å²) in [5.74, 6) is -2.16. The summed E-state index contributed by atoms with van der Waals surface area (Å²) < 4.78 is 7.72. The fraction of sp³-hybridized carbons (Fsp3) is 0.360. The number of aliphatic carboxylic acids is 1. The number of anilines is 1. The van der Waals surface area contributed by atoms with Gasteiger partial charge in [0, 0.05) is 23.4 Å². The number of imidazole rings is 1. The number of nitrogens with two attached hydrogens (primary N) is 1. The summed E-state index contributed by atoms with van der Waals surface area (Å²) in [6.45, 7) is 0. The van der Waals surface area contributed by atoms with Crippen LogP contribution in [-0.4, -0.2) is 75.7 Å². The number of aryl methyl sites for hydroxylation is 1. The normalized spacial score (nSPS) is 21.4. The van der Waals surface area contributed by atoms with Gasteiger partial charge < -0.3 is 21.0 Å². The SMILES string of the molecule is C[n+]1ccn2nc(/C=C\C3=C(C(=O)O)N4C(=O)[C@@H](NC(=O)/C(=N\OC5CCCC5)c5nsc(N)n5)[C@H]4SC3)ccc21. The van der Waals surface area contributed by atoms with Gasteiger partial charge in [0.25, 0.3) is 11.8 Å². The number of β-lactam (4-membered cyclic amide) rings is 1. The smallest absolute Gasteiger partial charge is 0.352 e. The summed E-state index contributed by atoms with van der Waals surface area (Å²) in [5, 5.41) is 20.8. The molecule has 0 spiro atoms. The summed E-state index contributed by atoms with van der Waals surface area (Å²) in [6.07, 6.45) is 10.7. The Morgan fingerprint density at radius 3 is 2.83 bits per heavy atom. The lowest BCUT2D eigenvalue weighted by Crippen LogP contribution is -2.71. The van der Waals surface area contributed by atoms with Crippen molar-refractivity contribution in [2.24, 2.45) is 12.2 Å². The average Bonchev–Trinajstić information content (AvgIpc) is 3.72. The van der Waals surface area contributed by atoms with Gasteiger partial charge in [0.15, 0.2) is 11.3 Å². The summed E-state index contributed by atoms with van der Waals surface area (Å²) in [4.78, 5) is 49.5. The lowest BCUT2D eigenvalue weighted by molar-refractivity contribution is -0.644. The zero-order valence-corrected chi connectivity index (χ0v) is 23.5. The van der Waals surface area contributed by atoms with Crippen molar-refractivity contribution in [3.63, 3.8) is 0 Å². The highest BCUT2D eigenvalue weighted by Crippen LogP contribution is 2.40. The molecule has 0 aromatic carbocycles. The topological polar surface area (TPSA) is 181 Å². The number of amides is 2. The fourth-order valence-electron chi connectivity index (χ4n) is 4.97. The number of nitrogen functional groups attached to an aromatic ring is 1. The van der Waals surface area contributed by atoms with Crippen molar-refractivity contribution in [3.05, 3.63) is 53.4 Å². The zero-order valence-electron chi connectivity index (χ0n) is 21.8. The van der Waals surface area contributed by atoms with Crippen LogP contribution in [0.2, 0.25) is 0 Å². The second kappa shape index (κ2) is 10.9. The van der Waals surface area contributed by atoms with E-state index in [4.69, 9.17) is 10.6 Å². The molecule has 5 heterocycles. The van der Waals surface area contributed by atoms with Crippen LogP contribution < -0.4 is 15.6 Å². The summed E-state index contributed by atoms with van der Waals surface area (Å²) in [6, 6.07) is 2.77. The van der Waals surface area contributed by atoms with Gasteiger partial charge in [-0.2, -0.15) is 9.36 Å². The second-order valence-corrected chi connectivity index (χ2v) is 11.6. The van der Waals surface area contributed by atoms with Crippen molar-refractivity contribution in [2.75, 3.05) is 11.5 Å². The molecule has 1 aliphatic carbocycles. The van der Waals surface area contributed by atoms with Crippen molar-refractivity contribution in [3.8, 4) is 0 Å². The molecular formula is C25H26N9O5S2+. The van der Waals surface area contributed by atoms with Crippen molar-refractivity contribution < 1.29 is 28.9 Å². The molecule has 2 fully saturated rings. The minimum absolute atomic E-state index is 0.00179. The molecule has 0 bridgehead atoms. The van der Waals surface area contributed by atoms with Crippen LogP contribution in [0.4, 0.5) is 5.13 Å². The number of carbonyl (C=O) groups is 3. The highest BCUT2D eigenvalue weighted by atomic mass is 32.2. The van der Waals surface area contributed by atoms with Gasteiger partial charge in [0.2, 0.25) is 11.5 Å². The molecule has 3 aromatic rings. The maximum absolute atomic E-state index is 13.2. The molecule has 14 nitrogen and oxygen atoms in total. The minimum atomic E-state index is -1.23. The highest BCUT2D eigenvalue weighted by molar-refractivity contribution is 8.00. The van der Waals surface area contributed by atoms with Crippen LogP contribution in [0.1, 0.15) is 37.2 Å². The number of nitrogens with one attached hydrogen (secondary N) is 1. The molecule has 16 heteroatoms. The molecule has 41 heavy (non-hydrogen) atoms. The Hall–Kier alpha value is -4.31. The predicted octanol–water partition coefficient (Wildman–Crippen LogP) is 0.708. The van der Waals surface area contributed by atoms with E-state index < -0.39 is 29.2 Å². The Morgan fingerprint density at radius 2 is 2.10 bits per heavy atom. The van der Waals surface area contributed by atoms with Gasteiger partial charge in [0.1, 0.15) is 35.1 Å². The maximum atomic E-state index is 13.2. The molecule has 1 saturated heterocycles. The Morgan fingerprint density at radius 1 is 1.29 bits per heavy atom. The van der Waals surface area contributed by atoms with E-state index in [1.54, 1.807) is 16.7 Å². The monoisotopic (exact) mass is 596 g/mol. The first kappa shape index (κ1) is 26.9. The molecule has 2 atom stereocenters. The molecule has 1 saturated carbocycles. The van der Waals surface area contributed by atoms with Gasteiger partial charge in [-0.05, 0) is 43.4 Å². The van der Waals surface area contributed by atoms with Crippen LogP contribution in [0.15, 0.2) is 47.0 Å². The number of hydrogen-bond donors (Lipinski definition) is 3. The summed E-state index contributed by atoms with van der Waals surface area (Å²) in [7, 11) is 1.91. The highest BCUT2D eigenvalue weighted by Gasteiger charge is 2.54. The Bertz CT molecular complexity index is 1640. The standard InChI is InChI=1S/C25H25N9O5S2/c1-32-10-11-33-16(32)9-8-14(29-33)7-6-13-12-40-23-18(22(36)34(23)19(13)24(37)38)27-21(35)17(20-28-25(26)41-31-20)30-39-15-4-2-3-5-15/h6-11,15,18,23H,2-5,12H2,1H3,(H3-,26,27,28,31,35,37,38)/p+1/b7-6-,30-17-/t18-,23-/m1/s1. The zero-order chi connectivity index (χ0) is 28.7. The van der Waals surface area contributed by atoms with Crippen molar-refractivity contribution in [1.82, 2.24) is 29.2 Å².